The molecule has 120 valence electrons. The van der Waals surface area contributed by atoms with E-state index in [1.54, 1.807) is 0 Å². The number of aliphatic imine (C=N–C) groups is 1. The van der Waals surface area contributed by atoms with Crippen molar-refractivity contribution in [2.24, 2.45) is 10.9 Å². The molecule has 2 N–H and O–H groups in total. The van der Waals surface area contributed by atoms with Gasteiger partial charge in [-0.05, 0) is 58.2 Å². The van der Waals surface area contributed by atoms with E-state index in [9.17, 15) is 0 Å². The van der Waals surface area contributed by atoms with Crippen molar-refractivity contribution in [2.75, 3.05) is 39.3 Å². The maximum Gasteiger partial charge on any atom is 0.191 e. The number of halogens is 1. The fraction of sp³-hybridized carbons (Fsp3) is 0.933. The van der Waals surface area contributed by atoms with E-state index < -0.39 is 0 Å². The first-order valence-corrected chi connectivity index (χ1v) is 8.04. The van der Waals surface area contributed by atoms with E-state index in [1.807, 2.05) is 0 Å². The Hall–Kier alpha value is -0.0400. The number of piperidine rings is 1. The van der Waals surface area contributed by atoms with Crippen LogP contribution in [0, 0.1) is 5.92 Å². The third-order valence-corrected chi connectivity index (χ3v) is 3.64. The van der Waals surface area contributed by atoms with Gasteiger partial charge in [0.2, 0.25) is 0 Å². The number of hydrogen-bond acceptors (Lipinski definition) is 2. The van der Waals surface area contributed by atoms with Crippen molar-refractivity contribution in [3.63, 3.8) is 0 Å². The summed E-state index contributed by atoms with van der Waals surface area (Å²) in [4.78, 5) is 7.31. The van der Waals surface area contributed by atoms with Crippen LogP contribution in [0.15, 0.2) is 4.99 Å². The molecule has 0 radical (unpaired) electrons. The lowest BCUT2D eigenvalue weighted by molar-refractivity contribution is 0.188. The molecule has 1 fully saturated rings. The van der Waals surface area contributed by atoms with E-state index in [0.29, 0.717) is 0 Å². The molecule has 0 amide bonds. The van der Waals surface area contributed by atoms with Crippen LogP contribution in [-0.4, -0.2) is 50.1 Å². The van der Waals surface area contributed by atoms with Crippen LogP contribution in [0.5, 0.6) is 0 Å². The molecule has 20 heavy (non-hydrogen) atoms. The van der Waals surface area contributed by atoms with Gasteiger partial charge >= 0.3 is 0 Å². The molecule has 0 aromatic heterocycles. The molecule has 0 bridgehead atoms. The highest BCUT2D eigenvalue weighted by atomic mass is 127. The lowest BCUT2D eigenvalue weighted by Crippen LogP contribution is -2.39. The SMILES string of the molecule is CCCNC(=NCC1CCN(CCC)CC1)NCC.I. The highest BCUT2D eigenvalue weighted by Gasteiger charge is 2.18. The Labute approximate surface area is 142 Å². The molecule has 0 saturated carbocycles. The number of rotatable bonds is 7. The van der Waals surface area contributed by atoms with Crippen molar-refractivity contribution in [1.29, 1.82) is 0 Å². The topological polar surface area (TPSA) is 39.7 Å². The number of nitrogens with one attached hydrogen (secondary N) is 2. The van der Waals surface area contributed by atoms with Gasteiger partial charge in [-0.1, -0.05) is 13.8 Å². The van der Waals surface area contributed by atoms with E-state index in [-0.39, 0.29) is 24.0 Å². The summed E-state index contributed by atoms with van der Waals surface area (Å²) >= 11 is 0. The molecule has 0 aromatic carbocycles. The Balaban J connectivity index is 0.00000361. The first kappa shape index (κ1) is 20.0. The monoisotopic (exact) mass is 396 g/mol. The normalized spacial score (nSPS) is 17.6. The van der Waals surface area contributed by atoms with Gasteiger partial charge in [-0.2, -0.15) is 0 Å². The van der Waals surface area contributed by atoms with Crippen LogP contribution < -0.4 is 10.6 Å². The predicted octanol–water partition coefficient (Wildman–Crippen LogP) is 2.69. The van der Waals surface area contributed by atoms with Crippen LogP contribution in [0.25, 0.3) is 0 Å². The van der Waals surface area contributed by atoms with Gasteiger partial charge in [0.25, 0.3) is 0 Å². The zero-order valence-corrected chi connectivity index (χ0v) is 15.8. The molecule has 1 heterocycles. The fourth-order valence-electron chi connectivity index (χ4n) is 2.51. The molecular formula is C15H33IN4. The minimum atomic E-state index is 0. The summed E-state index contributed by atoms with van der Waals surface area (Å²) in [7, 11) is 0. The Morgan fingerprint density at radius 2 is 1.80 bits per heavy atom. The van der Waals surface area contributed by atoms with Crippen molar-refractivity contribution >= 4 is 29.9 Å². The smallest absolute Gasteiger partial charge is 0.191 e. The number of likely N-dealkylation sites (tertiary alicyclic amines) is 1. The predicted molar refractivity (Wildman–Crippen MR) is 99.1 cm³/mol. The van der Waals surface area contributed by atoms with Crippen molar-refractivity contribution in [2.45, 2.75) is 46.5 Å². The van der Waals surface area contributed by atoms with Crippen molar-refractivity contribution in [1.82, 2.24) is 15.5 Å². The molecule has 0 aliphatic carbocycles. The second kappa shape index (κ2) is 12.7. The Bertz CT molecular complexity index is 250. The van der Waals surface area contributed by atoms with E-state index >= 15 is 0 Å². The summed E-state index contributed by atoms with van der Waals surface area (Å²) < 4.78 is 0. The summed E-state index contributed by atoms with van der Waals surface area (Å²) in [6.07, 6.45) is 5.02. The molecule has 4 nitrogen and oxygen atoms in total. The van der Waals surface area contributed by atoms with Gasteiger partial charge in [0.05, 0.1) is 0 Å². The molecule has 5 heteroatoms. The first-order valence-electron chi connectivity index (χ1n) is 8.04. The fourth-order valence-corrected chi connectivity index (χ4v) is 2.51. The maximum atomic E-state index is 4.72. The number of nitrogens with zero attached hydrogens (tertiary/aromatic N) is 2. The Morgan fingerprint density at radius 3 is 2.35 bits per heavy atom. The van der Waals surface area contributed by atoms with Gasteiger partial charge < -0.3 is 15.5 Å². The van der Waals surface area contributed by atoms with E-state index in [4.69, 9.17) is 4.99 Å². The van der Waals surface area contributed by atoms with E-state index in [2.05, 4.69) is 36.3 Å². The van der Waals surface area contributed by atoms with Gasteiger partial charge in [-0.25, -0.2) is 0 Å². The average molecular weight is 396 g/mol. The molecule has 0 aromatic rings. The van der Waals surface area contributed by atoms with Crippen LogP contribution in [0.3, 0.4) is 0 Å². The summed E-state index contributed by atoms with van der Waals surface area (Å²) in [5.74, 6) is 1.76. The van der Waals surface area contributed by atoms with Crippen LogP contribution >= 0.6 is 24.0 Å². The number of guanidine groups is 1. The van der Waals surface area contributed by atoms with Crippen LogP contribution in [0.4, 0.5) is 0 Å². The van der Waals surface area contributed by atoms with Gasteiger partial charge in [0.1, 0.15) is 0 Å². The third kappa shape index (κ3) is 8.29. The molecule has 1 rings (SSSR count). The molecule has 1 saturated heterocycles. The zero-order chi connectivity index (χ0) is 13.9. The van der Waals surface area contributed by atoms with E-state index in [0.717, 1.165) is 37.9 Å². The summed E-state index contributed by atoms with van der Waals surface area (Å²) in [6.45, 7) is 13.2. The molecule has 1 aliphatic heterocycles. The number of hydrogen-bond donors (Lipinski definition) is 2. The second-order valence-electron chi connectivity index (χ2n) is 5.43. The van der Waals surface area contributed by atoms with Crippen molar-refractivity contribution in [3.8, 4) is 0 Å². The Kier molecular flexibility index (Phi) is 12.7. The van der Waals surface area contributed by atoms with E-state index in [1.165, 1.54) is 38.9 Å². The van der Waals surface area contributed by atoms with Gasteiger partial charge in [-0.3, -0.25) is 4.99 Å². The summed E-state index contributed by atoms with van der Waals surface area (Å²) in [6, 6.07) is 0. The Morgan fingerprint density at radius 1 is 1.10 bits per heavy atom. The summed E-state index contributed by atoms with van der Waals surface area (Å²) in [5, 5.41) is 6.68. The standard InChI is InChI=1S/C15H32N4.HI/c1-4-9-17-15(16-6-3)18-13-14-7-11-19(10-5-2)12-8-14;/h14H,4-13H2,1-3H3,(H2,16,17,18);1H. The van der Waals surface area contributed by atoms with Crippen LogP contribution in [0.2, 0.25) is 0 Å². The molecule has 0 spiro atoms. The third-order valence-electron chi connectivity index (χ3n) is 3.64. The quantitative estimate of drug-likeness (QED) is 0.395. The largest absolute Gasteiger partial charge is 0.357 e. The van der Waals surface area contributed by atoms with Gasteiger partial charge in [0.15, 0.2) is 5.96 Å². The zero-order valence-electron chi connectivity index (χ0n) is 13.5. The lowest BCUT2D eigenvalue weighted by Gasteiger charge is -2.31. The molecular weight excluding hydrogens is 363 g/mol. The van der Waals surface area contributed by atoms with Crippen molar-refractivity contribution in [3.05, 3.63) is 0 Å². The lowest BCUT2D eigenvalue weighted by atomic mass is 9.97. The average Bonchev–Trinajstić information content (AvgIpc) is 2.44. The maximum absolute atomic E-state index is 4.72. The first-order chi connectivity index (χ1) is 9.30. The molecule has 0 atom stereocenters. The van der Waals surface area contributed by atoms with Gasteiger partial charge in [0, 0.05) is 19.6 Å². The molecule has 1 aliphatic rings. The van der Waals surface area contributed by atoms with Crippen LogP contribution in [0.1, 0.15) is 46.5 Å². The summed E-state index contributed by atoms with van der Waals surface area (Å²) in [5.41, 5.74) is 0. The minimum Gasteiger partial charge on any atom is -0.357 e. The highest BCUT2D eigenvalue weighted by Crippen LogP contribution is 2.17. The minimum absolute atomic E-state index is 0. The van der Waals surface area contributed by atoms with Crippen LogP contribution in [-0.2, 0) is 0 Å². The molecule has 0 unspecified atom stereocenters. The van der Waals surface area contributed by atoms with Gasteiger partial charge in [-0.15, -0.1) is 24.0 Å². The van der Waals surface area contributed by atoms with Crippen molar-refractivity contribution < 1.29 is 0 Å². The second-order valence-corrected chi connectivity index (χ2v) is 5.43. The highest BCUT2D eigenvalue weighted by molar-refractivity contribution is 14.0.